The van der Waals surface area contributed by atoms with Crippen LogP contribution in [0.2, 0.25) is 0 Å². The first kappa shape index (κ1) is 17.8. The van der Waals surface area contributed by atoms with Crippen molar-refractivity contribution in [3.8, 4) is 0 Å². The van der Waals surface area contributed by atoms with E-state index in [0.29, 0.717) is 19.4 Å². The van der Waals surface area contributed by atoms with E-state index in [1.54, 1.807) is 7.11 Å². The standard InChI is InChI=1S/C12H28N2O3S/c1-4-8-13-9-5-6-11-18(15,16)14-12(2)7-10-17-3/h12-14H,4-11H2,1-3H3. The van der Waals surface area contributed by atoms with Crippen LogP contribution in [0.25, 0.3) is 0 Å². The molecule has 0 aliphatic heterocycles. The minimum absolute atomic E-state index is 0.0619. The molecule has 2 N–H and O–H groups in total. The lowest BCUT2D eigenvalue weighted by Gasteiger charge is -2.13. The molecule has 0 heterocycles. The molecule has 0 rings (SSSR count). The van der Waals surface area contributed by atoms with Crippen LogP contribution in [0, 0.1) is 0 Å². The number of nitrogens with one attached hydrogen (secondary N) is 2. The quantitative estimate of drug-likeness (QED) is 0.526. The van der Waals surface area contributed by atoms with Gasteiger partial charge in [-0.3, -0.25) is 0 Å². The Kier molecular flexibility index (Phi) is 10.6. The fraction of sp³-hybridized carbons (Fsp3) is 1.00. The maximum atomic E-state index is 11.7. The number of hydrogen-bond donors (Lipinski definition) is 2. The Bertz CT molecular complexity index is 281. The molecule has 0 spiro atoms. The first-order valence-corrected chi connectivity index (χ1v) is 8.36. The molecule has 18 heavy (non-hydrogen) atoms. The smallest absolute Gasteiger partial charge is 0.211 e. The molecule has 0 saturated carbocycles. The normalized spacial score (nSPS) is 13.7. The Morgan fingerprint density at radius 2 is 1.94 bits per heavy atom. The predicted octanol–water partition coefficient (Wildman–Crippen LogP) is 1.11. The largest absolute Gasteiger partial charge is 0.385 e. The van der Waals surface area contributed by atoms with Crippen LogP contribution in [-0.4, -0.2) is 47.0 Å². The highest BCUT2D eigenvalue weighted by molar-refractivity contribution is 7.89. The summed E-state index contributed by atoms with van der Waals surface area (Å²) in [6.07, 6.45) is 3.40. The molecule has 0 aliphatic rings. The van der Waals surface area contributed by atoms with E-state index < -0.39 is 10.0 Å². The molecule has 0 aromatic heterocycles. The number of sulfonamides is 1. The van der Waals surface area contributed by atoms with Crippen molar-refractivity contribution in [3.05, 3.63) is 0 Å². The van der Waals surface area contributed by atoms with Gasteiger partial charge in [0.05, 0.1) is 5.75 Å². The molecule has 0 bridgehead atoms. The van der Waals surface area contributed by atoms with Gasteiger partial charge in [-0.15, -0.1) is 0 Å². The van der Waals surface area contributed by atoms with Crippen LogP contribution in [-0.2, 0) is 14.8 Å². The number of ether oxygens (including phenoxy) is 1. The highest BCUT2D eigenvalue weighted by Crippen LogP contribution is 1.98. The monoisotopic (exact) mass is 280 g/mol. The van der Waals surface area contributed by atoms with Gasteiger partial charge >= 0.3 is 0 Å². The number of methoxy groups -OCH3 is 1. The second kappa shape index (κ2) is 10.7. The van der Waals surface area contributed by atoms with Crippen LogP contribution in [0.15, 0.2) is 0 Å². The minimum Gasteiger partial charge on any atom is -0.385 e. The molecule has 0 aromatic carbocycles. The third kappa shape index (κ3) is 11.0. The van der Waals surface area contributed by atoms with E-state index in [0.717, 1.165) is 25.9 Å². The van der Waals surface area contributed by atoms with Crippen LogP contribution >= 0.6 is 0 Å². The molecule has 0 amide bonds. The van der Waals surface area contributed by atoms with E-state index in [4.69, 9.17) is 4.74 Å². The summed E-state index contributed by atoms with van der Waals surface area (Å²) < 4.78 is 31.0. The fourth-order valence-electron chi connectivity index (χ4n) is 1.56. The summed E-state index contributed by atoms with van der Waals surface area (Å²) in [5.41, 5.74) is 0. The predicted molar refractivity (Wildman–Crippen MR) is 75.3 cm³/mol. The topological polar surface area (TPSA) is 67.4 Å². The summed E-state index contributed by atoms with van der Waals surface area (Å²) >= 11 is 0. The lowest BCUT2D eigenvalue weighted by Crippen LogP contribution is -2.35. The number of hydrogen-bond acceptors (Lipinski definition) is 4. The van der Waals surface area contributed by atoms with E-state index in [-0.39, 0.29) is 11.8 Å². The number of rotatable bonds is 12. The molecule has 6 heteroatoms. The Morgan fingerprint density at radius 3 is 2.56 bits per heavy atom. The third-order valence-corrected chi connectivity index (χ3v) is 4.17. The van der Waals surface area contributed by atoms with Gasteiger partial charge in [0.15, 0.2) is 0 Å². The summed E-state index contributed by atoms with van der Waals surface area (Å²) in [5, 5.41) is 3.26. The van der Waals surface area contributed by atoms with Gasteiger partial charge in [0.25, 0.3) is 0 Å². The van der Waals surface area contributed by atoms with E-state index >= 15 is 0 Å². The van der Waals surface area contributed by atoms with Crippen molar-refractivity contribution >= 4 is 10.0 Å². The minimum atomic E-state index is -3.14. The maximum Gasteiger partial charge on any atom is 0.211 e. The molecule has 0 saturated heterocycles. The van der Waals surface area contributed by atoms with Crippen LogP contribution in [0.4, 0.5) is 0 Å². The van der Waals surface area contributed by atoms with E-state index in [9.17, 15) is 8.42 Å². The van der Waals surface area contributed by atoms with Crippen LogP contribution < -0.4 is 10.0 Å². The maximum absolute atomic E-state index is 11.7. The Morgan fingerprint density at radius 1 is 1.22 bits per heavy atom. The molecule has 1 unspecified atom stereocenters. The lowest BCUT2D eigenvalue weighted by atomic mass is 10.3. The fourth-order valence-corrected chi connectivity index (χ4v) is 3.00. The summed E-state index contributed by atoms with van der Waals surface area (Å²) in [4.78, 5) is 0. The average molecular weight is 280 g/mol. The van der Waals surface area contributed by atoms with E-state index in [1.165, 1.54) is 0 Å². The van der Waals surface area contributed by atoms with Gasteiger partial charge in [-0.25, -0.2) is 13.1 Å². The van der Waals surface area contributed by atoms with Crippen molar-refractivity contribution in [1.82, 2.24) is 10.0 Å². The SMILES string of the molecule is CCCNCCCCS(=O)(=O)NC(C)CCOC. The average Bonchev–Trinajstić information content (AvgIpc) is 2.30. The molecule has 0 fully saturated rings. The van der Waals surface area contributed by atoms with Gasteiger partial charge in [-0.05, 0) is 45.7 Å². The second-order valence-corrected chi connectivity index (χ2v) is 6.45. The molecular formula is C12H28N2O3S. The van der Waals surface area contributed by atoms with Crippen molar-refractivity contribution < 1.29 is 13.2 Å². The highest BCUT2D eigenvalue weighted by Gasteiger charge is 2.13. The van der Waals surface area contributed by atoms with Crippen molar-refractivity contribution in [2.24, 2.45) is 0 Å². The Balaban J connectivity index is 3.66. The second-order valence-electron chi connectivity index (χ2n) is 4.58. The van der Waals surface area contributed by atoms with Crippen LogP contribution in [0.3, 0.4) is 0 Å². The van der Waals surface area contributed by atoms with Gasteiger partial charge in [0.2, 0.25) is 10.0 Å². The first-order valence-electron chi connectivity index (χ1n) is 6.71. The third-order valence-electron chi connectivity index (χ3n) is 2.58. The van der Waals surface area contributed by atoms with Crippen molar-refractivity contribution in [2.75, 3.05) is 32.6 Å². The molecule has 110 valence electrons. The molecule has 5 nitrogen and oxygen atoms in total. The van der Waals surface area contributed by atoms with Gasteiger partial charge in [-0.2, -0.15) is 0 Å². The van der Waals surface area contributed by atoms with E-state index in [2.05, 4.69) is 17.0 Å². The van der Waals surface area contributed by atoms with Crippen molar-refractivity contribution in [1.29, 1.82) is 0 Å². The molecular weight excluding hydrogens is 252 g/mol. The van der Waals surface area contributed by atoms with Crippen LogP contribution in [0.1, 0.15) is 39.5 Å². The Hall–Kier alpha value is -0.170. The van der Waals surface area contributed by atoms with Crippen molar-refractivity contribution in [3.63, 3.8) is 0 Å². The summed E-state index contributed by atoms with van der Waals surface area (Å²) in [7, 11) is -1.52. The van der Waals surface area contributed by atoms with E-state index in [1.807, 2.05) is 6.92 Å². The molecule has 0 aromatic rings. The van der Waals surface area contributed by atoms with Crippen molar-refractivity contribution in [2.45, 2.75) is 45.6 Å². The number of unbranched alkanes of at least 4 members (excludes halogenated alkanes) is 1. The summed E-state index contributed by atoms with van der Waals surface area (Å²) in [5.74, 6) is 0.206. The zero-order chi connectivity index (χ0) is 13.9. The summed E-state index contributed by atoms with van der Waals surface area (Å²) in [6.45, 7) is 6.44. The highest BCUT2D eigenvalue weighted by atomic mass is 32.2. The van der Waals surface area contributed by atoms with Gasteiger partial charge in [-0.1, -0.05) is 6.92 Å². The zero-order valence-corrected chi connectivity index (χ0v) is 12.7. The van der Waals surface area contributed by atoms with Crippen LogP contribution in [0.5, 0.6) is 0 Å². The molecule has 0 aliphatic carbocycles. The van der Waals surface area contributed by atoms with Gasteiger partial charge in [0, 0.05) is 19.8 Å². The summed E-state index contributed by atoms with van der Waals surface area (Å²) in [6, 6.07) is -0.0619. The lowest BCUT2D eigenvalue weighted by molar-refractivity contribution is 0.188. The molecule has 0 radical (unpaired) electrons. The van der Waals surface area contributed by atoms with Gasteiger partial charge in [0.1, 0.15) is 0 Å². The zero-order valence-electron chi connectivity index (χ0n) is 11.9. The Labute approximate surface area is 112 Å². The molecule has 1 atom stereocenters. The van der Waals surface area contributed by atoms with Gasteiger partial charge < -0.3 is 10.1 Å². The first-order chi connectivity index (χ1) is 8.52.